The largest absolute Gasteiger partial charge is 0.468 e. The van der Waals surface area contributed by atoms with Gasteiger partial charge in [-0.3, -0.25) is 0 Å². The highest BCUT2D eigenvalue weighted by Crippen LogP contribution is 2.15. The van der Waals surface area contributed by atoms with E-state index in [1.807, 2.05) is 0 Å². The number of furan rings is 1. The molecule has 1 aromatic carbocycles. The summed E-state index contributed by atoms with van der Waals surface area (Å²) in [4.78, 5) is 0.321. The maximum absolute atomic E-state index is 11.8. The fraction of sp³-hybridized carbons (Fsp3) is 0.0909. The first-order valence-electron chi connectivity index (χ1n) is 4.49. The first-order valence-corrected chi connectivity index (χ1v) is 6.14. The minimum Gasteiger partial charge on any atom is -0.468 e. The van der Waals surface area contributed by atoms with Crippen LogP contribution in [0.25, 0.3) is 0 Å². The normalized spacial score (nSPS) is 11.5. The van der Waals surface area contributed by atoms with Gasteiger partial charge in [0.05, 0.1) is 11.2 Å². The third kappa shape index (κ3) is 2.27. The highest BCUT2D eigenvalue weighted by atomic mass is 32.2. The summed E-state index contributed by atoms with van der Waals surface area (Å²) >= 11 is 0. The van der Waals surface area contributed by atoms with E-state index in [2.05, 4.69) is 0 Å². The van der Waals surface area contributed by atoms with E-state index in [9.17, 15) is 8.42 Å². The zero-order chi connectivity index (χ0) is 10.7. The van der Waals surface area contributed by atoms with E-state index in [1.54, 1.807) is 42.5 Å². The lowest BCUT2D eigenvalue weighted by Gasteiger charge is -2.01. The molecule has 0 saturated heterocycles. The van der Waals surface area contributed by atoms with Crippen molar-refractivity contribution in [1.29, 1.82) is 0 Å². The maximum Gasteiger partial charge on any atom is 0.185 e. The summed E-state index contributed by atoms with van der Waals surface area (Å²) in [6.45, 7) is 0. The Bertz CT molecular complexity index is 512. The molecule has 4 heteroatoms. The lowest BCUT2D eigenvalue weighted by atomic mass is 10.4. The van der Waals surface area contributed by atoms with Crippen LogP contribution in [0.4, 0.5) is 0 Å². The molecule has 0 bridgehead atoms. The van der Waals surface area contributed by atoms with Gasteiger partial charge in [-0.05, 0) is 24.3 Å². The van der Waals surface area contributed by atoms with E-state index in [4.69, 9.17) is 4.42 Å². The molecule has 0 unspecified atom stereocenters. The van der Waals surface area contributed by atoms with Crippen molar-refractivity contribution < 1.29 is 12.8 Å². The van der Waals surface area contributed by atoms with Crippen LogP contribution < -0.4 is 0 Å². The van der Waals surface area contributed by atoms with E-state index >= 15 is 0 Å². The minimum absolute atomic E-state index is 0.0932. The van der Waals surface area contributed by atoms with Crippen molar-refractivity contribution >= 4 is 9.84 Å². The number of benzene rings is 1. The molecule has 0 aliphatic rings. The molecule has 1 heterocycles. The zero-order valence-electron chi connectivity index (χ0n) is 7.96. The topological polar surface area (TPSA) is 47.3 Å². The van der Waals surface area contributed by atoms with E-state index in [0.29, 0.717) is 10.7 Å². The summed E-state index contributed by atoms with van der Waals surface area (Å²) in [5.74, 6) is 0.364. The molecule has 0 saturated carbocycles. The fourth-order valence-electron chi connectivity index (χ4n) is 1.29. The van der Waals surface area contributed by atoms with Crippen LogP contribution in [0.15, 0.2) is 58.0 Å². The van der Waals surface area contributed by atoms with Crippen LogP contribution in [0.3, 0.4) is 0 Å². The molecule has 0 radical (unpaired) electrons. The predicted octanol–water partition coefficient (Wildman–Crippen LogP) is 2.25. The van der Waals surface area contributed by atoms with Crippen molar-refractivity contribution in [2.45, 2.75) is 10.6 Å². The first kappa shape index (κ1) is 9.98. The smallest absolute Gasteiger partial charge is 0.185 e. The third-order valence-electron chi connectivity index (χ3n) is 2.01. The van der Waals surface area contributed by atoms with E-state index in [0.717, 1.165) is 0 Å². The van der Waals surface area contributed by atoms with Crippen LogP contribution in [0.2, 0.25) is 0 Å². The molecule has 78 valence electrons. The summed E-state index contributed by atoms with van der Waals surface area (Å²) in [6, 6.07) is 11.7. The van der Waals surface area contributed by atoms with E-state index in [1.165, 1.54) is 6.26 Å². The van der Waals surface area contributed by atoms with Gasteiger partial charge in [0.2, 0.25) is 0 Å². The number of rotatable bonds is 3. The second-order valence-electron chi connectivity index (χ2n) is 3.15. The molecule has 0 spiro atoms. The van der Waals surface area contributed by atoms with Gasteiger partial charge in [-0.1, -0.05) is 18.2 Å². The molecule has 1 aromatic heterocycles. The average molecular weight is 222 g/mol. The summed E-state index contributed by atoms with van der Waals surface area (Å²) in [5.41, 5.74) is 0. The SMILES string of the molecule is O=S(=O)(Cc1ccco1)c1ccccc1. The fourth-order valence-corrected chi connectivity index (χ4v) is 2.57. The molecule has 0 fully saturated rings. The Morgan fingerprint density at radius 3 is 2.33 bits per heavy atom. The molecular weight excluding hydrogens is 212 g/mol. The Hall–Kier alpha value is -1.55. The van der Waals surface area contributed by atoms with Crippen molar-refractivity contribution in [3.8, 4) is 0 Å². The van der Waals surface area contributed by atoms with Crippen molar-refractivity contribution in [3.05, 3.63) is 54.5 Å². The number of hydrogen-bond donors (Lipinski definition) is 0. The second-order valence-corrected chi connectivity index (χ2v) is 5.14. The standard InChI is InChI=1S/C11H10O3S/c12-15(13,9-10-5-4-8-14-10)11-6-2-1-3-7-11/h1-8H,9H2. The van der Waals surface area contributed by atoms with Gasteiger partial charge in [-0.25, -0.2) is 8.42 Å². The molecule has 0 aliphatic carbocycles. The van der Waals surface area contributed by atoms with Gasteiger partial charge < -0.3 is 4.42 Å². The molecule has 2 aromatic rings. The molecule has 0 N–H and O–H groups in total. The Kier molecular flexibility index (Phi) is 2.60. The second kappa shape index (κ2) is 3.90. The van der Waals surface area contributed by atoms with Crippen LogP contribution in [-0.2, 0) is 15.6 Å². The predicted molar refractivity (Wildman–Crippen MR) is 56.0 cm³/mol. The van der Waals surface area contributed by atoms with Gasteiger partial charge >= 0.3 is 0 Å². The van der Waals surface area contributed by atoms with Crippen LogP contribution >= 0.6 is 0 Å². The van der Waals surface area contributed by atoms with Crippen molar-refractivity contribution in [3.63, 3.8) is 0 Å². The number of sulfone groups is 1. The lowest BCUT2D eigenvalue weighted by molar-refractivity contribution is 0.520. The molecule has 0 aliphatic heterocycles. The average Bonchev–Trinajstić information content (AvgIpc) is 2.71. The summed E-state index contributed by atoms with van der Waals surface area (Å²) in [7, 11) is -3.28. The quantitative estimate of drug-likeness (QED) is 0.800. The Morgan fingerprint density at radius 1 is 1.00 bits per heavy atom. The van der Waals surface area contributed by atoms with Gasteiger partial charge in [-0.15, -0.1) is 0 Å². The summed E-state index contributed by atoms with van der Waals surface area (Å²) in [6.07, 6.45) is 1.47. The molecule has 0 amide bonds. The van der Waals surface area contributed by atoms with Crippen LogP contribution in [0.1, 0.15) is 5.76 Å². The van der Waals surface area contributed by atoms with E-state index < -0.39 is 9.84 Å². The summed E-state index contributed by atoms with van der Waals surface area (Å²) in [5, 5.41) is 0. The van der Waals surface area contributed by atoms with Crippen LogP contribution in [0.5, 0.6) is 0 Å². The lowest BCUT2D eigenvalue weighted by Crippen LogP contribution is -2.03. The van der Waals surface area contributed by atoms with Crippen molar-refractivity contribution in [2.75, 3.05) is 0 Å². The van der Waals surface area contributed by atoms with Gasteiger partial charge in [0, 0.05) is 0 Å². The van der Waals surface area contributed by atoms with Crippen LogP contribution in [0, 0.1) is 0 Å². The van der Waals surface area contributed by atoms with Gasteiger partial charge in [-0.2, -0.15) is 0 Å². The van der Waals surface area contributed by atoms with Gasteiger partial charge in [0.25, 0.3) is 0 Å². The molecule has 15 heavy (non-hydrogen) atoms. The zero-order valence-corrected chi connectivity index (χ0v) is 8.78. The highest BCUT2D eigenvalue weighted by molar-refractivity contribution is 7.90. The first-order chi connectivity index (χ1) is 7.18. The van der Waals surface area contributed by atoms with Crippen molar-refractivity contribution in [2.24, 2.45) is 0 Å². The van der Waals surface area contributed by atoms with E-state index in [-0.39, 0.29) is 5.75 Å². The monoisotopic (exact) mass is 222 g/mol. The Labute approximate surface area is 88.3 Å². The minimum atomic E-state index is -3.28. The van der Waals surface area contributed by atoms with Gasteiger partial charge in [0.15, 0.2) is 9.84 Å². The molecular formula is C11H10O3S. The van der Waals surface area contributed by atoms with Crippen molar-refractivity contribution in [1.82, 2.24) is 0 Å². The number of hydrogen-bond acceptors (Lipinski definition) is 3. The van der Waals surface area contributed by atoms with Crippen LogP contribution in [-0.4, -0.2) is 8.42 Å². The Morgan fingerprint density at radius 2 is 1.73 bits per heavy atom. The molecule has 0 atom stereocenters. The Balaban J connectivity index is 2.29. The third-order valence-corrected chi connectivity index (χ3v) is 3.67. The summed E-state index contributed by atoms with van der Waals surface area (Å²) < 4.78 is 28.7. The molecule has 3 nitrogen and oxygen atoms in total. The molecule has 2 rings (SSSR count). The maximum atomic E-state index is 11.8. The highest BCUT2D eigenvalue weighted by Gasteiger charge is 2.15. The van der Waals surface area contributed by atoms with Gasteiger partial charge in [0.1, 0.15) is 11.5 Å².